The van der Waals surface area contributed by atoms with Crippen LogP contribution >= 0.6 is 11.3 Å². The maximum atomic E-state index is 2.71. The standard InChI is InChI=1S/C53H65BN2S/c1-32-29-33(48(2,3)4)20-24-39(32)56-41-18-16-17-40-44(41)54(38-23-19-34(30-42(38)56)49(5,6)7)45-43-46(53(14,15)28-27-52(43,12)13)57-47(45)55(40)35-21-22-36-37(31-35)51(10,11)26-25-50(36,8)9/h16-24,29-31H,25-28H2,1-15H3. The highest BCUT2D eigenvalue weighted by Crippen LogP contribution is 2.56. The number of fused-ring (bicyclic) bond motifs is 7. The van der Waals surface area contributed by atoms with Crippen LogP contribution in [-0.2, 0) is 32.5 Å². The normalized spacial score (nSPS) is 19.7. The van der Waals surface area contributed by atoms with Crippen molar-refractivity contribution in [3.05, 3.63) is 111 Å². The van der Waals surface area contributed by atoms with E-state index in [2.05, 4.69) is 198 Å². The van der Waals surface area contributed by atoms with Gasteiger partial charge in [0, 0.05) is 33.3 Å². The van der Waals surface area contributed by atoms with Crippen LogP contribution in [-0.4, -0.2) is 6.71 Å². The molecule has 0 radical (unpaired) electrons. The zero-order valence-corrected chi connectivity index (χ0v) is 38.5. The first-order valence-corrected chi connectivity index (χ1v) is 22.6. The summed E-state index contributed by atoms with van der Waals surface area (Å²) in [6.45, 7) is 36.4. The monoisotopic (exact) mass is 772 g/mol. The van der Waals surface area contributed by atoms with Crippen molar-refractivity contribution in [2.45, 2.75) is 162 Å². The summed E-state index contributed by atoms with van der Waals surface area (Å²) in [6.07, 6.45) is 4.83. The smallest absolute Gasteiger partial charge is 0.253 e. The summed E-state index contributed by atoms with van der Waals surface area (Å²) in [7, 11) is 0. The van der Waals surface area contributed by atoms with Crippen LogP contribution in [0.5, 0.6) is 0 Å². The second-order valence-corrected chi connectivity index (χ2v) is 23.9. The molecular weight excluding hydrogens is 707 g/mol. The molecule has 0 N–H and O–H groups in total. The highest BCUT2D eigenvalue weighted by atomic mass is 32.1. The number of nitrogens with zero attached hydrogens (tertiary/aromatic N) is 2. The molecule has 5 aromatic rings. The molecule has 0 fully saturated rings. The third kappa shape index (κ3) is 5.77. The molecule has 2 aliphatic carbocycles. The zero-order chi connectivity index (χ0) is 41.0. The van der Waals surface area contributed by atoms with Crippen molar-refractivity contribution in [2.75, 3.05) is 9.80 Å². The first-order valence-electron chi connectivity index (χ1n) is 21.7. The van der Waals surface area contributed by atoms with Gasteiger partial charge in [0.2, 0.25) is 0 Å². The van der Waals surface area contributed by atoms with E-state index in [1.807, 2.05) is 0 Å². The van der Waals surface area contributed by atoms with Crippen LogP contribution in [0, 0.1) is 6.92 Å². The molecule has 0 bridgehead atoms. The molecule has 296 valence electrons. The molecule has 0 saturated carbocycles. The van der Waals surface area contributed by atoms with Crippen molar-refractivity contribution in [1.82, 2.24) is 0 Å². The Labute approximate surface area is 349 Å². The molecule has 4 heteroatoms. The van der Waals surface area contributed by atoms with Crippen LogP contribution in [0.15, 0.2) is 72.8 Å². The third-order valence-corrected chi connectivity index (χ3v) is 16.3. The first kappa shape index (κ1) is 38.7. The van der Waals surface area contributed by atoms with E-state index in [0.29, 0.717) is 0 Å². The Morgan fingerprint density at radius 1 is 0.544 bits per heavy atom. The van der Waals surface area contributed by atoms with E-state index in [-0.39, 0.29) is 39.2 Å². The number of rotatable bonds is 2. The SMILES string of the molecule is Cc1cc(C(C)(C)C)ccc1N1c2cc(C(C)(C)C)ccc2B2c3c1cccc3N(c1ccc3c(c1)C(C)(C)CCC3(C)C)c1sc3c(c12)C(C)(C)CCC3(C)C. The minimum atomic E-state index is 0.0187. The van der Waals surface area contributed by atoms with Crippen LogP contribution in [0.3, 0.4) is 0 Å². The zero-order valence-electron chi connectivity index (χ0n) is 37.6. The molecule has 57 heavy (non-hydrogen) atoms. The van der Waals surface area contributed by atoms with E-state index in [1.165, 1.54) is 97.9 Å². The lowest BCUT2D eigenvalue weighted by molar-refractivity contribution is 0.332. The molecule has 0 spiro atoms. The van der Waals surface area contributed by atoms with Crippen molar-refractivity contribution in [3.8, 4) is 0 Å². The Morgan fingerprint density at radius 3 is 1.77 bits per heavy atom. The van der Waals surface area contributed by atoms with Crippen LogP contribution in [0.1, 0.15) is 161 Å². The minimum Gasteiger partial charge on any atom is -0.311 e. The lowest BCUT2D eigenvalue weighted by atomic mass is 9.32. The molecule has 2 aliphatic heterocycles. The van der Waals surface area contributed by atoms with E-state index in [9.17, 15) is 0 Å². The number of hydrogen-bond donors (Lipinski definition) is 0. The molecule has 4 aromatic carbocycles. The van der Waals surface area contributed by atoms with Gasteiger partial charge < -0.3 is 9.80 Å². The average molecular weight is 773 g/mol. The number of hydrogen-bond acceptors (Lipinski definition) is 3. The molecule has 1 aromatic heterocycles. The van der Waals surface area contributed by atoms with Gasteiger partial charge in [0.1, 0.15) is 0 Å². The molecule has 0 saturated heterocycles. The fourth-order valence-electron chi connectivity index (χ4n) is 10.9. The first-order chi connectivity index (χ1) is 26.4. The van der Waals surface area contributed by atoms with E-state index in [0.717, 1.165) is 0 Å². The lowest BCUT2D eigenvalue weighted by Gasteiger charge is -2.46. The largest absolute Gasteiger partial charge is 0.311 e. The summed E-state index contributed by atoms with van der Waals surface area (Å²) in [4.78, 5) is 6.93. The van der Waals surface area contributed by atoms with Gasteiger partial charge in [-0.15, -0.1) is 11.3 Å². The molecule has 0 atom stereocenters. The Morgan fingerprint density at radius 2 is 1.12 bits per heavy atom. The summed E-state index contributed by atoms with van der Waals surface area (Å²) < 4.78 is 0. The second-order valence-electron chi connectivity index (χ2n) is 22.9. The predicted molar refractivity (Wildman–Crippen MR) is 251 cm³/mol. The maximum absolute atomic E-state index is 2.71. The van der Waals surface area contributed by atoms with Gasteiger partial charge in [-0.1, -0.05) is 133 Å². The number of aryl methyl sites for hydroxylation is 1. The molecular formula is C53H65BN2S. The van der Waals surface area contributed by atoms with Gasteiger partial charge >= 0.3 is 0 Å². The van der Waals surface area contributed by atoms with E-state index in [1.54, 1.807) is 15.9 Å². The van der Waals surface area contributed by atoms with Gasteiger partial charge in [0.15, 0.2) is 0 Å². The fourth-order valence-corrected chi connectivity index (χ4v) is 12.5. The summed E-state index contributed by atoms with van der Waals surface area (Å²) >= 11 is 2.10. The van der Waals surface area contributed by atoms with Gasteiger partial charge in [0.05, 0.1) is 5.00 Å². The van der Waals surface area contributed by atoms with Crippen LogP contribution in [0.2, 0.25) is 0 Å². The molecule has 0 amide bonds. The topological polar surface area (TPSA) is 6.48 Å². The lowest BCUT2D eigenvalue weighted by Crippen LogP contribution is -2.62. The van der Waals surface area contributed by atoms with Crippen LogP contribution in [0.4, 0.5) is 33.4 Å². The van der Waals surface area contributed by atoms with Crippen molar-refractivity contribution < 1.29 is 0 Å². The van der Waals surface area contributed by atoms with Gasteiger partial charge in [-0.25, -0.2) is 0 Å². The van der Waals surface area contributed by atoms with Gasteiger partial charge in [0.25, 0.3) is 6.71 Å². The summed E-state index contributed by atoms with van der Waals surface area (Å²) in [6, 6.07) is 29.4. The van der Waals surface area contributed by atoms with Crippen LogP contribution < -0.4 is 26.2 Å². The summed E-state index contributed by atoms with van der Waals surface area (Å²) in [5.41, 5.74) is 20.2. The molecule has 2 nitrogen and oxygen atoms in total. The van der Waals surface area contributed by atoms with Crippen LogP contribution in [0.25, 0.3) is 0 Å². The second kappa shape index (κ2) is 12.2. The summed E-state index contributed by atoms with van der Waals surface area (Å²) in [5.74, 6) is 0. The van der Waals surface area contributed by atoms with Gasteiger partial charge in [-0.2, -0.15) is 0 Å². The Bertz CT molecular complexity index is 2480. The highest BCUT2D eigenvalue weighted by Gasteiger charge is 2.51. The van der Waals surface area contributed by atoms with Crippen molar-refractivity contribution >= 4 is 67.9 Å². The van der Waals surface area contributed by atoms with Gasteiger partial charge in [-0.05, 0) is 151 Å². The molecule has 9 rings (SSSR count). The average Bonchev–Trinajstić information content (AvgIpc) is 3.54. The van der Waals surface area contributed by atoms with E-state index >= 15 is 0 Å². The number of anilines is 6. The molecule has 4 aliphatic rings. The van der Waals surface area contributed by atoms with Gasteiger partial charge in [-0.3, -0.25) is 0 Å². The minimum absolute atomic E-state index is 0.0187. The Balaban J connectivity index is 1.39. The number of thiophene rings is 1. The Kier molecular flexibility index (Phi) is 8.26. The fraction of sp³-hybridized carbons (Fsp3) is 0.472. The van der Waals surface area contributed by atoms with Crippen molar-refractivity contribution in [1.29, 1.82) is 0 Å². The quantitative estimate of drug-likeness (QED) is 0.162. The van der Waals surface area contributed by atoms with E-state index < -0.39 is 0 Å². The Hall–Kier alpha value is -3.76. The maximum Gasteiger partial charge on any atom is 0.253 e. The summed E-state index contributed by atoms with van der Waals surface area (Å²) in [5, 5.41) is 1.43. The predicted octanol–water partition coefficient (Wildman–Crippen LogP) is 13.4. The number of benzene rings is 4. The van der Waals surface area contributed by atoms with E-state index in [4.69, 9.17) is 0 Å². The third-order valence-electron chi connectivity index (χ3n) is 14.8. The van der Waals surface area contributed by atoms with Crippen molar-refractivity contribution in [2.24, 2.45) is 0 Å². The molecule has 0 unspecified atom stereocenters. The van der Waals surface area contributed by atoms with Crippen molar-refractivity contribution in [3.63, 3.8) is 0 Å². The highest BCUT2D eigenvalue weighted by molar-refractivity contribution is 7.20. The molecule has 3 heterocycles.